The summed E-state index contributed by atoms with van der Waals surface area (Å²) in [6.45, 7) is 1.00. The molecule has 1 aliphatic heterocycles. The molecule has 3 N–H and O–H groups in total. The number of benzene rings is 2. The Morgan fingerprint density at radius 2 is 1.75 bits per heavy atom. The van der Waals surface area contributed by atoms with E-state index in [-0.39, 0.29) is 12.1 Å². The molecule has 5 rings (SSSR count). The first-order valence-corrected chi connectivity index (χ1v) is 12.5. The number of nitrogen functional groups attached to an aromatic ring is 1. The lowest BCUT2D eigenvalue weighted by Gasteiger charge is -2.31. The first kappa shape index (κ1) is 23.6. The number of nitrogens with one attached hydrogen (secondary N) is 1. The fourth-order valence-corrected chi connectivity index (χ4v) is 5.24. The van der Waals surface area contributed by atoms with E-state index in [2.05, 4.69) is 5.32 Å². The van der Waals surface area contributed by atoms with Gasteiger partial charge in [-0.05, 0) is 36.4 Å². The number of methoxy groups -OCH3 is 1. The largest absolute Gasteiger partial charge is 0.496 e. The van der Waals surface area contributed by atoms with Crippen LogP contribution in [-0.4, -0.2) is 48.2 Å². The van der Waals surface area contributed by atoms with Crippen LogP contribution in [0.1, 0.15) is 22.5 Å². The topological polar surface area (TPSA) is 107 Å². The highest BCUT2D eigenvalue weighted by molar-refractivity contribution is 7.21. The first-order valence-electron chi connectivity index (χ1n) is 11.7. The minimum Gasteiger partial charge on any atom is -0.496 e. The summed E-state index contributed by atoms with van der Waals surface area (Å²) in [5, 5.41) is 3.61. The molecule has 36 heavy (non-hydrogen) atoms. The van der Waals surface area contributed by atoms with Crippen molar-refractivity contribution in [3.63, 3.8) is 0 Å². The Morgan fingerprint density at radius 1 is 1.03 bits per heavy atom. The number of hydrogen-bond acceptors (Lipinski definition) is 7. The number of carbonyl (C=O) groups excluding carboxylic acids is 2. The maximum atomic E-state index is 13.0. The summed E-state index contributed by atoms with van der Waals surface area (Å²) in [7, 11) is 1.62. The molecule has 0 atom stereocenters. The molecular weight excluding hydrogens is 476 g/mol. The number of urea groups is 1. The van der Waals surface area contributed by atoms with Crippen LogP contribution >= 0.6 is 11.3 Å². The van der Waals surface area contributed by atoms with Crippen molar-refractivity contribution in [2.45, 2.75) is 18.9 Å². The van der Waals surface area contributed by atoms with Gasteiger partial charge < -0.3 is 25.4 Å². The second kappa shape index (κ2) is 10.2. The van der Waals surface area contributed by atoms with E-state index in [0.717, 1.165) is 28.1 Å². The summed E-state index contributed by atoms with van der Waals surface area (Å²) >= 11 is 1.22. The summed E-state index contributed by atoms with van der Waals surface area (Å²) in [4.78, 5) is 33.0. The Kier molecular flexibility index (Phi) is 6.73. The van der Waals surface area contributed by atoms with Crippen molar-refractivity contribution in [3.8, 4) is 17.0 Å². The van der Waals surface area contributed by atoms with E-state index in [1.165, 1.54) is 11.3 Å². The molecule has 184 valence electrons. The number of fused-ring (bicyclic) bond motifs is 1. The number of aromatic nitrogens is 1. The molecule has 9 heteroatoms. The highest BCUT2D eigenvalue weighted by Gasteiger charge is 2.27. The standard InChI is InChI=1S/C27H26N4O4S/c1-34-22-10-6-5-9-19(22)21-12-11-20-23(28)24(36-25(20)30-21)26(32)35-18-13-15-31(16-14-18)27(33)29-17-7-3-2-4-8-17/h2-12,18H,13-16,28H2,1H3,(H,29,33). The number of amides is 2. The Bertz CT molecular complexity index is 1400. The third-order valence-corrected chi connectivity index (χ3v) is 7.29. The van der Waals surface area contributed by atoms with Crippen LogP contribution in [0.2, 0.25) is 0 Å². The summed E-state index contributed by atoms with van der Waals surface area (Å²) < 4.78 is 11.2. The third-order valence-electron chi connectivity index (χ3n) is 6.19. The van der Waals surface area contributed by atoms with Crippen molar-refractivity contribution in [1.29, 1.82) is 0 Å². The molecule has 1 fully saturated rings. The Labute approximate surface area is 212 Å². The van der Waals surface area contributed by atoms with Gasteiger partial charge in [0.2, 0.25) is 0 Å². The second-order valence-corrected chi connectivity index (χ2v) is 9.48. The predicted molar refractivity (Wildman–Crippen MR) is 141 cm³/mol. The van der Waals surface area contributed by atoms with Gasteiger partial charge in [0, 0.05) is 42.6 Å². The van der Waals surface area contributed by atoms with E-state index < -0.39 is 5.97 Å². The van der Waals surface area contributed by atoms with Gasteiger partial charge in [-0.2, -0.15) is 0 Å². The molecule has 0 radical (unpaired) electrons. The van der Waals surface area contributed by atoms with Gasteiger partial charge in [-0.15, -0.1) is 11.3 Å². The van der Waals surface area contributed by atoms with Crippen molar-refractivity contribution in [2.24, 2.45) is 0 Å². The van der Waals surface area contributed by atoms with Crippen LogP contribution in [0.5, 0.6) is 5.75 Å². The molecule has 1 saturated heterocycles. The van der Waals surface area contributed by atoms with E-state index in [0.29, 0.717) is 41.3 Å². The van der Waals surface area contributed by atoms with Crippen LogP contribution in [0, 0.1) is 0 Å². The Morgan fingerprint density at radius 3 is 2.50 bits per heavy atom. The molecule has 2 amide bonds. The van der Waals surface area contributed by atoms with Crippen LogP contribution in [0.25, 0.3) is 21.5 Å². The molecule has 2 aromatic carbocycles. The number of anilines is 2. The molecule has 1 aliphatic rings. The zero-order valence-corrected chi connectivity index (χ0v) is 20.6. The molecule has 4 aromatic rings. The first-order chi connectivity index (χ1) is 17.5. The van der Waals surface area contributed by atoms with Crippen LogP contribution in [0.3, 0.4) is 0 Å². The molecule has 2 aromatic heterocycles. The van der Waals surface area contributed by atoms with Gasteiger partial charge in [0.05, 0.1) is 18.5 Å². The van der Waals surface area contributed by atoms with Crippen LogP contribution in [0.4, 0.5) is 16.2 Å². The van der Waals surface area contributed by atoms with Crippen LogP contribution in [0.15, 0.2) is 66.7 Å². The summed E-state index contributed by atoms with van der Waals surface area (Å²) in [5.41, 5.74) is 9.03. The van der Waals surface area contributed by atoms with Gasteiger partial charge in [0.15, 0.2) is 0 Å². The quantitative estimate of drug-likeness (QED) is 0.354. The van der Waals surface area contributed by atoms with Crippen molar-refractivity contribution < 1.29 is 19.1 Å². The lowest BCUT2D eigenvalue weighted by molar-refractivity contribution is 0.0164. The van der Waals surface area contributed by atoms with Gasteiger partial charge in [0.25, 0.3) is 0 Å². The highest BCUT2D eigenvalue weighted by atomic mass is 32.1. The van der Waals surface area contributed by atoms with Crippen molar-refractivity contribution in [2.75, 3.05) is 31.2 Å². The molecule has 0 aliphatic carbocycles. The van der Waals surface area contributed by atoms with E-state index in [1.807, 2.05) is 66.7 Å². The molecule has 8 nitrogen and oxygen atoms in total. The second-order valence-electron chi connectivity index (χ2n) is 8.48. The van der Waals surface area contributed by atoms with Crippen LogP contribution < -0.4 is 15.8 Å². The number of likely N-dealkylation sites (tertiary alicyclic amines) is 1. The number of carbonyl (C=O) groups is 2. The number of piperidine rings is 1. The van der Waals surface area contributed by atoms with Gasteiger partial charge in [-0.3, -0.25) is 0 Å². The minimum absolute atomic E-state index is 0.156. The zero-order valence-electron chi connectivity index (χ0n) is 19.8. The molecule has 0 unspecified atom stereocenters. The van der Waals surface area contributed by atoms with E-state index in [9.17, 15) is 9.59 Å². The average molecular weight is 503 g/mol. The number of para-hydroxylation sites is 2. The lowest BCUT2D eigenvalue weighted by atomic mass is 10.1. The number of esters is 1. The van der Waals surface area contributed by atoms with Gasteiger partial charge in [-0.1, -0.05) is 30.3 Å². The SMILES string of the molecule is COc1ccccc1-c1ccc2c(N)c(C(=O)OC3CCN(C(=O)Nc4ccccc4)CC3)sc2n1. The molecule has 0 spiro atoms. The predicted octanol–water partition coefficient (Wildman–Crippen LogP) is 5.41. The number of ether oxygens (including phenoxy) is 2. The Hall–Kier alpha value is -4.11. The monoisotopic (exact) mass is 502 g/mol. The smallest absolute Gasteiger partial charge is 0.350 e. The number of rotatable bonds is 5. The lowest BCUT2D eigenvalue weighted by Crippen LogP contribution is -2.43. The molecular formula is C27H26N4O4S. The number of pyridine rings is 1. The van der Waals surface area contributed by atoms with E-state index in [4.69, 9.17) is 20.2 Å². The number of nitrogens with two attached hydrogens (primary N) is 1. The molecule has 0 bridgehead atoms. The summed E-state index contributed by atoms with van der Waals surface area (Å²) in [5.74, 6) is 0.263. The third kappa shape index (κ3) is 4.83. The van der Waals surface area contributed by atoms with E-state index >= 15 is 0 Å². The number of nitrogens with zero attached hydrogens (tertiary/aromatic N) is 2. The number of hydrogen-bond donors (Lipinski definition) is 2. The van der Waals surface area contributed by atoms with Gasteiger partial charge in [0.1, 0.15) is 21.6 Å². The number of thiophene rings is 1. The fourth-order valence-electron chi connectivity index (χ4n) is 4.26. The van der Waals surface area contributed by atoms with Gasteiger partial charge >= 0.3 is 12.0 Å². The summed E-state index contributed by atoms with van der Waals surface area (Å²) in [6, 6.07) is 20.5. The van der Waals surface area contributed by atoms with Crippen molar-refractivity contribution >= 4 is 44.9 Å². The van der Waals surface area contributed by atoms with Crippen molar-refractivity contribution in [3.05, 3.63) is 71.6 Å². The molecule has 0 saturated carbocycles. The van der Waals surface area contributed by atoms with Gasteiger partial charge in [-0.25, -0.2) is 14.6 Å². The summed E-state index contributed by atoms with van der Waals surface area (Å²) in [6.07, 6.45) is 0.851. The van der Waals surface area contributed by atoms with E-state index in [1.54, 1.807) is 12.0 Å². The minimum atomic E-state index is -0.457. The average Bonchev–Trinajstić information content (AvgIpc) is 3.25. The highest BCUT2D eigenvalue weighted by Crippen LogP contribution is 2.36. The normalized spacial score (nSPS) is 14.0. The Balaban J connectivity index is 1.24. The maximum absolute atomic E-state index is 13.0. The molecule has 3 heterocycles. The zero-order chi connectivity index (χ0) is 25.1. The van der Waals surface area contributed by atoms with Crippen LogP contribution in [-0.2, 0) is 4.74 Å². The maximum Gasteiger partial charge on any atom is 0.350 e. The fraction of sp³-hybridized carbons (Fsp3) is 0.222. The van der Waals surface area contributed by atoms with Crippen molar-refractivity contribution in [1.82, 2.24) is 9.88 Å².